The SMILES string of the molecule is COCC1=CC=CN(c2ccc3c(c2)CCC(=O)N3)C1. The summed E-state index contributed by atoms with van der Waals surface area (Å²) < 4.78 is 5.19. The van der Waals surface area contributed by atoms with E-state index in [-0.39, 0.29) is 5.91 Å². The molecule has 0 aromatic heterocycles. The van der Waals surface area contributed by atoms with Gasteiger partial charge in [0.15, 0.2) is 0 Å². The lowest BCUT2D eigenvalue weighted by Crippen LogP contribution is -2.24. The number of nitrogens with one attached hydrogen (secondary N) is 1. The van der Waals surface area contributed by atoms with Crippen LogP contribution in [0.15, 0.2) is 42.1 Å². The molecule has 0 saturated carbocycles. The van der Waals surface area contributed by atoms with Crippen molar-refractivity contribution in [1.82, 2.24) is 0 Å². The van der Waals surface area contributed by atoms with E-state index in [4.69, 9.17) is 4.74 Å². The van der Waals surface area contributed by atoms with E-state index in [1.807, 2.05) is 18.2 Å². The maximum atomic E-state index is 11.4. The van der Waals surface area contributed by atoms with Gasteiger partial charge in [0, 0.05) is 37.7 Å². The zero-order valence-electron chi connectivity index (χ0n) is 11.6. The van der Waals surface area contributed by atoms with Gasteiger partial charge in [0.2, 0.25) is 5.91 Å². The molecule has 0 aliphatic carbocycles. The van der Waals surface area contributed by atoms with Crippen molar-refractivity contribution in [3.05, 3.63) is 47.7 Å². The van der Waals surface area contributed by atoms with E-state index in [2.05, 4.69) is 28.6 Å². The van der Waals surface area contributed by atoms with Crippen LogP contribution in [-0.2, 0) is 16.0 Å². The van der Waals surface area contributed by atoms with Gasteiger partial charge in [-0.05, 0) is 41.8 Å². The first-order valence-corrected chi connectivity index (χ1v) is 6.81. The first-order valence-electron chi connectivity index (χ1n) is 6.81. The maximum Gasteiger partial charge on any atom is 0.224 e. The fraction of sp³-hybridized carbons (Fsp3) is 0.312. The number of hydrogen-bond donors (Lipinski definition) is 1. The molecule has 104 valence electrons. The van der Waals surface area contributed by atoms with Crippen LogP contribution in [0.4, 0.5) is 11.4 Å². The van der Waals surface area contributed by atoms with E-state index in [1.54, 1.807) is 7.11 Å². The van der Waals surface area contributed by atoms with Crippen molar-refractivity contribution in [1.29, 1.82) is 0 Å². The summed E-state index contributed by atoms with van der Waals surface area (Å²) in [5.41, 5.74) is 4.55. The van der Waals surface area contributed by atoms with Crippen LogP contribution in [0.2, 0.25) is 0 Å². The summed E-state index contributed by atoms with van der Waals surface area (Å²) in [6.07, 6.45) is 7.59. The van der Waals surface area contributed by atoms with Crippen LogP contribution in [0.5, 0.6) is 0 Å². The number of allylic oxidation sites excluding steroid dienone is 2. The number of fused-ring (bicyclic) bond motifs is 1. The van der Waals surface area contributed by atoms with Crippen molar-refractivity contribution < 1.29 is 9.53 Å². The maximum absolute atomic E-state index is 11.4. The number of amides is 1. The zero-order chi connectivity index (χ0) is 13.9. The molecule has 2 aliphatic heterocycles. The summed E-state index contributed by atoms with van der Waals surface area (Å²) >= 11 is 0. The van der Waals surface area contributed by atoms with E-state index >= 15 is 0 Å². The molecule has 3 rings (SSSR count). The molecule has 0 bridgehead atoms. The first kappa shape index (κ1) is 12.9. The van der Waals surface area contributed by atoms with Gasteiger partial charge in [-0.15, -0.1) is 0 Å². The Morgan fingerprint density at radius 3 is 3.10 bits per heavy atom. The summed E-state index contributed by atoms with van der Waals surface area (Å²) in [4.78, 5) is 13.6. The summed E-state index contributed by atoms with van der Waals surface area (Å²) in [6.45, 7) is 1.50. The largest absolute Gasteiger partial charge is 0.380 e. The van der Waals surface area contributed by atoms with E-state index in [0.29, 0.717) is 13.0 Å². The molecule has 2 aliphatic rings. The van der Waals surface area contributed by atoms with Crippen LogP contribution in [0.3, 0.4) is 0 Å². The predicted molar refractivity (Wildman–Crippen MR) is 79.8 cm³/mol. The number of carbonyl (C=O) groups excluding carboxylic acids is 1. The Hall–Kier alpha value is -2.07. The Labute approximate surface area is 118 Å². The van der Waals surface area contributed by atoms with Gasteiger partial charge >= 0.3 is 0 Å². The molecule has 0 spiro atoms. The lowest BCUT2D eigenvalue weighted by Gasteiger charge is -2.26. The van der Waals surface area contributed by atoms with Gasteiger partial charge in [0.1, 0.15) is 0 Å². The third-order valence-electron chi connectivity index (χ3n) is 3.62. The Bertz CT molecular complexity index is 590. The van der Waals surface area contributed by atoms with Crippen molar-refractivity contribution in [2.24, 2.45) is 0 Å². The lowest BCUT2D eigenvalue weighted by atomic mass is 10.0. The van der Waals surface area contributed by atoms with Crippen molar-refractivity contribution in [3.63, 3.8) is 0 Å². The second kappa shape index (κ2) is 5.51. The van der Waals surface area contributed by atoms with Crippen molar-refractivity contribution in [2.75, 3.05) is 30.5 Å². The van der Waals surface area contributed by atoms with E-state index < -0.39 is 0 Å². The monoisotopic (exact) mass is 270 g/mol. The number of carbonyl (C=O) groups is 1. The third-order valence-corrected chi connectivity index (χ3v) is 3.62. The molecule has 1 aromatic carbocycles. The van der Waals surface area contributed by atoms with Crippen LogP contribution in [0.25, 0.3) is 0 Å². The minimum Gasteiger partial charge on any atom is -0.380 e. The molecule has 0 atom stereocenters. The summed E-state index contributed by atoms with van der Waals surface area (Å²) in [6, 6.07) is 6.20. The highest BCUT2D eigenvalue weighted by atomic mass is 16.5. The molecule has 0 saturated heterocycles. The highest BCUT2D eigenvalue weighted by Crippen LogP contribution is 2.28. The molecule has 4 heteroatoms. The zero-order valence-corrected chi connectivity index (χ0v) is 11.6. The molecule has 2 heterocycles. The minimum atomic E-state index is 0.105. The molecular formula is C16H18N2O2. The van der Waals surface area contributed by atoms with Gasteiger partial charge in [0.05, 0.1) is 6.61 Å². The van der Waals surface area contributed by atoms with Crippen molar-refractivity contribution in [3.8, 4) is 0 Å². The highest BCUT2D eigenvalue weighted by Gasteiger charge is 2.17. The molecule has 1 amide bonds. The highest BCUT2D eigenvalue weighted by molar-refractivity contribution is 5.94. The van der Waals surface area contributed by atoms with E-state index in [0.717, 1.165) is 24.3 Å². The number of hydrogen-bond acceptors (Lipinski definition) is 3. The number of aryl methyl sites for hydroxylation is 1. The average molecular weight is 270 g/mol. The average Bonchev–Trinajstić information content (AvgIpc) is 2.47. The molecule has 4 nitrogen and oxygen atoms in total. The van der Waals surface area contributed by atoms with Crippen LogP contribution in [0, 0.1) is 0 Å². The Balaban J connectivity index is 1.80. The third kappa shape index (κ3) is 2.60. The fourth-order valence-electron chi connectivity index (χ4n) is 2.61. The minimum absolute atomic E-state index is 0.105. The Morgan fingerprint density at radius 2 is 2.25 bits per heavy atom. The Kier molecular flexibility index (Phi) is 3.56. The molecule has 20 heavy (non-hydrogen) atoms. The summed E-state index contributed by atoms with van der Waals surface area (Å²) in [7, 11) is 1.71. The molecular weight excluding hydrogens is 252 g/mol. The number of rotatable bonds is 3. The lowest BCUT2D eigenvalue weighted by molar-refractivity contribution is -0.116. The topological polar surface area (TPSA) is 41.6 Å². The van der Waals surface area contributed by atoms with E-state index in [1.165, 1.54) is 11.1 Å². The van der Waals surface area contributed by atoms with Crippen LogP contribution >= 0.6 is 0 Å². The Morgan fingerprint density at radius 1 is 1.35 bits per heavy atom. The normalized spacial score (nSPS) is 17.6. The number of methoxy groups -OCH3 is 1. The quantitative estimate of drug-likeness (QED) is 0.917. The van der Waals surface area contributed by atoms with Crippen LogP contribution in [0.1, 0.15) is 12.0 Å². The van der Waals surface area contributed by atoms with Gasteiger partial charge in [0.25, 0.3) is 0 Å². The number of ether oxygens (including phenoxy) is 1. The summed E-state index contributed by atoms with van der Waals surface area (Å²) in [5, 5.41) is 2.91. The molecule has 1 aromatic rings. The molecule has 0 unspecified atom stereocenters. The number of benzene rings is 1. The van der Waals surface area contributed by atoms with E-state index in [9.17, 15) is 4.79 Å². The number of nitrogens with zero attached hydrogens (tertiary/aromatic N) is 1. The first-order chi connectivity index (χ1) is 9.76. The van der Waals surface area contributed by atoms with Crippen LogP contribution < -0.4 is 10.2 Å². The molecule has 0 fully saturated rings. The van der Waals surface area contributed by atoms with Crippen molar-refractivity contribution >= 4 is 17.3 Å². The standard InChI is InChI=1S/C16H18N2O2/c1-20-11-12-3-2-8-18(10-12)14-5-6-15-13(9-14)4-7-16(19)17-15/h2-3,5-6,8-9H,4,7,10-11H2,1H3,(H,17,19). The van der Waals surface area contributed by atoms with Gasteiger partial charge < -0.3 is 15.0 Å². The van der Waals surface area contributed by atoms with Crippen molar-refractivity contribution in [2.45, 2.75) is 12.8 Å². The second-order valence-electron chi connectivity index (χ2n) is 5.12. The predicted octanol–water partition coefficient (Wildman–Crippen LogP) is 2.48. The fourth-order valence-corrected chi connectivity index (χ4v) is 2.61. The smallest absolute Gasteiger partial charge is 0.224 e. The molecule has 0 radical (unpaired) electrons. The van der Waals surface area contributed by atoms with Crippen LogP contribution in [-0.4, -0.2) is 26.2 Å². The van der Waals surface area contributed by atoms with Gasteiger partial charge in [-0.1, -0.05) is 6.08 Å². The van der Waals surface area contributed by atoms with Gasteiger partial charge in [-0.3, -0.25) is 4.79 Å². The summed E-state index contributed by atoms with van der Waals surface area (Å²) in [5.74, 6) is 0.105. The second-order valence-corrected chi connectivity index (χ2v) is 5.12. The number of anilines is 2. The van der Waals surface area contributed by atoms with Gasteiger partial charge in [-0.2, -0.15) is 0 Å². The van der Waals surface area contributed by atoms with Gasteiger partial charge in [-0.25, -0.2) is 0 Å². The molecule has 1 N–H and O–H groups in total.